The fourth-order valence-electron chi connectivity index (χ4n) is 3.29. The van der Waals surface area contributed by atoms with Gasteiger partial charge in [0.1, 0.15) is 0 Å². The van der Waals surface area contributed by atoms with Gasteiger partial charge in [-0.2, -0.15) is 0 Å². The number of hydrogen-bond donors (Lipinski definition) is 0. The zero-order valence-corrected chi connectivity index (χ0v) is 17.0. The highest BCUT2D eigenvalue weighted by Crippen LogP contribution is 2.29. The maximum atomic E-state index is 13.1. The van der Waals surface area contributed by atoms with E-state index in [1.54, 1.807) is 30.0 Å². The number of hydrogen-bond acceptors (Lipinski definition) is 4. The van der Waals surface area contributed by atoms with Crippen LogP contribution in [0.25, 0.3) is 0 Å². The van der Waals surface area contributed by atoms with E-state index in [0.29, 0.717) is 12.1 Å². The second-order valence-electron chi connectivity index (χ2n) is 7.34. The molecule has 0 saturated carbocycles. The highest BCUT2D eigenvalue weighted by Gasteiger charge is 2.42. The summed E-state index contributed by atoms with van der Waals surface area (Å²) in [7, 11) is -3.71. The van der Waals surface area contributed by atoms with E-state index in [-0.39, 0.29) is 23.4 Å². The van der Waals surface area contributed by atoms with Crippen LogP contribution in [0.2, 0.25) is 0 Å². The van der Waals surface area contributed by atoms with Crippen molar-refractivity contribution < 1.29 is 18.0 Å². The Labute approximate surface area is 165 Å². The molecule has 2 amide bonds. The molecule has 1 fully saturated rings. The first-order valence-corrected chi connectivity index (χ1v) is 10.8. The third-order valence-electron chi connectivity index (χ3n) is 4.77. The van der Waals surface area contributed by atoms with E-state index in [1.165, 1.54) is 6.07 Å². The number of carbonyl (C=O) groups excluding carboxylic acids is 2. The summed E-state index contributed by atoms with van der Waals surface area (Å²) in [4.78, 5) is 27.2. The summed E-state index contributed by atoms with van der Waals surface area (Å²) in [5.41, 5.74) is 1.57. The smallest absolute Gasteiger partial charge is 0.254 e. The maximum Gasteiger partial charge on any atom is 0.254 e. The molecule has 0 radical (unpaired) electrons. The fourth-order valence-corrected chi connectivity index (χ4v) is 5.10. The van der Waals surface area contributed by atoms with Crippen molar-refractivity contribution >= 4 is 27.5 Å². The van der Waals surface area contributed by atoms with Gasteiger partial charge in [0.15, 0.2) is 0 Å². The van der Waals surface area contributed by atoms with Crippen molar-refractivity contribution in [1.82, 2.24) is 4.90 Å². The Kier molecular flexibility index (Phi) is 5.56. The van der Waals surface area contributed by atoms with Gasteiger partial charge in [-0.25, -0.2) is 12.7 Å². The molecular weight excluding hydrogens is 376 g/mol. The lowest BCUT2D eigenvalue weighted by Crippen LogP contribution is -2.36. The maximum absolute atomic E-state index is 13.1. The van der Waals surface area contributed by atoms with Crippen LogP contribution in [-0.2, 0) is 21.4 Å². The molecule has 7 heteroatoms. The van der Waals surface area contributed by atoms with Crippen molar-refractivity contribution in [1.29, 1.82) is 0 Å². The van der Waals surface area contributed by atoms with Crippen molar-refractivity contribution in [3.63, 3.8) is 0 Å². The van der Waals surface area contributed by atoms with Crippen molar-refractivity contribution in [2.75, 3.05) is 10.1 Å². The predicted molar refractivity (Wildman–Crippen MR) is 108 cm³/mol. The normalized spacial score (nSPS) is 18.5. The standard InChI is InChI=1S/C21H24N2O4S/c1-15(2)22(13-17-8-5-4-6-9-17)21(25)18-10-7-11-19(12-18)23-20(24)16(3)14-28(23,26)27/h4-12,15-16H,13-14H2,1-3H3. The van der Waals surface area contributed by atoms with E-state index in [9.17, 15) is 18.0 Å². The summed E-state index contributed by atoms with van der Waals surface area (Å²) in [6.07, 6.45) is 0. The summed E-state index contributed by atoms with van der Waals surface area (Å²) >= 11 is 0. The fraction of sp³-hybridized carbons (Fsp3) is 0.333. The number of nitrogens with zero attached hydrogens (tertiary/aromatic N) is 2. The summed E-state index contributed by atoms with van der Waals surface area (Å²) in [6, 6.07) is 15.9. The van der Waals surface area contributed by atoms with Crippen LogP contribution in [0.1, 0.15) is 36.7 Å². The molecule has 2 aromatic rings. The van der Waals surface area contributed by atoms with Crippen LogP contribution >= 0.6 is 0 Å². The highest BCUT2D eigenvalue weighted by atomic mass is 32.2. The molecule has 0 aliphatic carbocycles. The molecule has 3 rings (SSSR count). The van der Waals surface area contributed by atoms with Gasteiger partial charge in [-0.15, -0.1) is 0 Å². The number of carbonyl (C=O) groups is 2. The molecule has 28 heavy (non-hydrogen) atoms. The molecule has 1 unspecified atom stereocenters. The minimum Gasteiger partial charge on any atom is -0.332 e. The van der Waals surface area contributed by atoms with Gasteiger partial charge in [0.25, 0.3) is 5.91 Å². The lowest BCUT2D eigenvalue weighted by molar-refractivity contribution is -0.119. The molecule has 6 nitrogen and oxygen atoms in total. The summed E-state index contributed by atoms with van der Waals surface area (Å²) in [5, 5.41) is 0. The minimum absolute atomic E-state index is 0.0477. The number of rotatable bonds is 5. The van der Waals surface area contributed by atoms with Gasteiger partial charge in [-0.1, -0.05) is 43.3 Å². The molecule has 1 heterocycles. The largest absolute Gasteiger partial charge is 0.332 e. The Hall–Kier alpha value is -2.67. The average molecular weight is 401 g/mol. The quantitative estimate of drug-likeness (QED) is 0.773. The molecule has 1 aliphatic rings. The van der Waals surface area contributed by atoms with Crippen molar-refractivity contribution in [3.8, 4) is 0 Å². The summed E-state index contributed by atoms with van der Waals surface area (Å²) in [5.74, 6) is -1.47. The third-order valence-corrected chi connectivity index (χ3v) is 6.64. The van der Waals surface area contributed by atoms with E-state index in [0.717, 1.165) is 9.87 Å². The Morgan fingerprint density at radius 2 is 1.82 bits per heavy atom. The van der Waals surface area contributed by atoms with Gasteiger partial charge in [0, 0.05) is 18.2 Å². The molecule has 1 aliphatic heterocycles. The second kappa shape index (κ2) is 7.75. The molecule has 1 saturated heterocycles. The Balaban J connectivity index is 1.92. The molecule has 2 aromatic carbocycles. The summed E-state index contributed by atoms with van der Waals surface area (Å²) in [6.45, 7) is 5.90. The molecular formula is C21H24N2O4S. The first-order valence-electron chi connectivity index (χ1n) is 9.22. The van der Waals surface area contributed by atoms with E-state index >= 15 is 0 Å². The third kappa shape index (κ3) is 3.94. The Bertz CT molecular complexity index is 986. The number of anilines is 1. The van der Waals surface area contributed by atoms with E-state index in [4.69, 9.17) is 0 Å². The molecule has 0 spiro atoms. The van der Waals surface area contributed by atoms with Gasteiger partial charge >= 0.3 is 0 Å². The van der Waals surface area contributed by atoms with Crippen LogP contribution in [0.5, 0.6) is 0 Å². The van der Waals surface area contributed by atoms with Crippen LogP contribution in [0, 0.1) is 5.92 Å². The van der Waals surface area contributed by atoms with E-state index in [1.807, 2.05) is 44.2 Å². The van der Waals surface area contributed by atoms with Crippen molar-refractivity contribution in [3.05, 3.63) is 65.7 Å². The SMILES string of the molecule is CC1CS(=O)(=O)N(c2cccc(C(=O)N(Cc3ccccc3)C(C)C)c2)C1=O. The van der Waals surface area contributed by atoms with Crippen LogP contribution in [0.15, 0.2) is 54.6 Å². The number of benzene rings is 2. The van der Waals surface area contributed by atoms with Crippen LogP contribution in [-0.4, -0.2) is 36.9 Å². The van der Waals surface area contributed by atoms with Gasteiger partial charge < -0.3 is 4.90 Å². The lowest BCUT2D eigenvalue weighted by Gasteiger charge is -2.27. The molecule has 148 valence electrons. The number of sulfonamides is 1. The Morgan fingerprint density at radius 1 is 1.14 bits per heavy atom. The molecule has 0 N–H and O–H groups in total. The van der Waals surface area contributed by atoms with Crippen molar-refractivity contribution in [2.45, 2.75) is 33.4 Å². The average Bonchev–Trinajstić information content (AvgIpc) is 2.86. The lowest BCUT2D eigenvalue weighted by atomic mass is 10.1. The van der Waals surface area contributed by atoms with Crippen LogP contribution in [0.4, 0.5) is 5.69 Å². The van der Waals surface area contributed by atoms with Gasteiger partial charge in [-0.05, 0) is 37.6 Å². The summed E-state index contributed by atoms with van der Waals surface area (Å²) < 4.78 is 25.5. The van der Waals surface area contributed by atoms with Gasteiger partial charge in [-0.3, -0.25) is 9.59 Å². The zero-order chi connectivity index (χ0) is 20.5. The molecule has 0 aromatic heterocycles. The highest BCUT2D eigenvalue weighted by molar-refractivity contribution is 7.94. The monoisotopic (exact) mass is 400 g/mol. The van der Waals surface area contributed by atoms with Crippen LogP contribution in [0.3, 0.4) is 0 Å². The van der Waals surface area contributed by atoms with Crippen LogP contribution < -0.4 is 4.31 Å². The topological polar surface area (TPSA) is 74.8 Å². The minimum atomic E-state index is -3.71. The number of amides is 2. The zero-order valence-electron chi connectivity index (χ0n) is 16.2. The van der Waals surface area contributed by atoms with E-state index in [2.05, 4.69) is 0 Å². The first kappa shape index (κ1) is 20.1. The first-order chi connectivity index (χ1) is 13.2. The second-order valence-corrected chi connectivity index (χ2v) is 9.21. The Morgan fingerprint density at radius 3 is 2.39 bits per heavy atom. The van der Waals surface area contributed by atoms with E-state index < -0.39 is 21.8 Å². The predicted octanol–water partition coefficient (Wildman–Crippen LogP) is 3.05. The molecule has 1 atom stereocenters. The van der Waals surface area contributed by atoms with Crippen molar-refractivity contribution in [2.24, 2.45) is 5.92 Å². The van der Waals surface area contributed by atoms with Gasteiger partial charge in [0.2, 0.25) is 15.9 Å². The van der Waals surface area contributed by atoms with Gasteiger partial charge in [0.05, 0.1) is 17.4 Å². The molecule has 0 bridgehead atoms.